The second-order valence-electron chi connectivity index (χ2n) is 13.3. The summed E-state index contributed by atoms with van der Waals surface area (Å²) in [6.07, 6.45) is 12.2. The van der Waals surface area contributed by atoms with Crippen LogP contribution in [-0.2, 0) is 29.0 Å². The highest BCUT2D eigenvalue weighted by molar-refractivity contribution is 5.97. The van der Waals surface area contributed by atoms with E-state index in [9.17, 15) is 9.59 Å². The van der Waals surface area contributed by atoms with Gasteiger partial charge in [-0.2, -0.15) is 0 Å². The van der Waals surface area contributed by atoms with E-state index in [4.69, 9.17) is 24.9 Å². The number of nitrogens with two attached hydrogens (primary N) is 1. The van der Waals surface area contributed by atoms with Crippen molar-refractivity contribution >= 4 is 23.1 Å². The average Bonchev–Trinajstić information content (AvgIpc) is 3.83. The first-order valence-corrected chi connectivity index (χ1v) is 17.8. The third-order valence-corrected chi connectivity index (χ3v) is 9.17. The zero-order valence-corrected chi connectivity index (χ0v) is 29.6. The smallest absolute Gasteiger partial charge is 0.247 e. The van der Waals surface area contributed by atoms with E-state index >= 15 is 0 Å². The molecule has 1 aliphatic carbocycles. The molecule has 6 aromatic rings. The second kappa shape index (κ2) is 16.4. The molecule has 2 atom stereocenters. The molecule has 268 valence electrons. The molecule has 2 amide bonds. The molecule has 2 unspecified atom stereocenters. The Hall–Kier alpha value is -6.26. The average molecular weight is 707 g/mol. The van der Waals surface area contributed by atoms with Gasteiger partial charge < -0.3 is 25.5 Å². The Kier molecular flexibility index (Phi) is 10.9. The van der Waals surface area contributed by atoms with E-state index in [2.05, 4.69) is 41.8 Å². The Morgan fingerprint density at radius 1 is 0.925 bits per heavy atom. The zero-order chi connectivity index (χ0) is 36.6. The van der Waals surface area contributed by atoms with E-state index in [-0.39, 0.29) is 25.0 Å². The lowest BCUT2D eigenvalue weighted by Gasteiger charge is -2.20. The summed E-state index contributed by atoms with van der Waals surface area (Å²) in [6.45, 7) is 2.19. The van der Waals surface area contributed by atoms with E-state index in [1.165, 1.54) is 0 Å². The Bertz CT molecular complexity index is 2230. The van der Waals surface area contributed by atoms with Gasteiger partial charge in [0.25, 0.3) is 0 Å². The van der Waals surface area contributed by atoms with Gasteiger partial charge in [0.2, 0.25) is 17.7 Å². The molecule has 1 aliphatic rings. The lowest BCUT2D eigenvalue weighted by Crippen LogP contribution is -2.46. The number of carbonyl (C=O) groups excluding carboxylic acids is 2. The fourth-order valence-electron chi connectivity index (χ4n) is 6.32. The number of fused-ring (bicyclic) bond motifs is 1. The highest BCUT2D eigenvalue weighted by Gasteiger charge is 2.23. The van der Waals surface area contributed by atoms with E-state index < -0.39 is 6.04 Å². The number of rotatable bonds is 14. The summed E-state index contributed by atoms with van der Waals surface area (Å²) in [7, 11) is 0. The third-order valence-electron chi connectivity index (χ3n) is 9.17. The number of imidazole rings is 1. The van der Waals surface area contributed by atoms with Crippen molar-refractivity contribution < 1.29 is 18.7 Å². The van der Waals surface area contributed by atoms with Gasteiger partial charge in [-0.05, 0) is 53.3 Å². The number of nitrogens with one attached hydrogen (secondary N) is 2. The summed E-state index contributed by atoms with van der Waals surface area (Å²) >= 11 is 0. The Morgan fingerprint density at radius 2 is 1.70 bits per heavy atom. The van der Waals surface area contributed by atoms with Gasteiger partial charge >= 0.3 is 0 Å². The van der Waals surface area contributed by atoms with Gasteiger partial charge in [0.05, 0.1) is 30.6 Å². The number of carbonyl (C=O) groups is 2. The lowest BCUT2D eigenvalue weighted by molar-refractivity contribution is -0.125. The van der Waals surface area contributed by atoms with Crippen LogP contribution in [-0.4, -0.2) is 38.8 Å². The number of anilines is 1. The van der Waals surface area contributed by atoms with Crippen molar-refractivity contribution in [3.8, 4) is 17.1 Å². The van der Waals surface area contributed by atoms with Crippen molar-refractivity contribution in [3.05, 3.63) is 162 Å². The fraction of sp³-hybridized carbons (Fsp3) is 0.209. The molecule has 3 heterocycles. The number of aromatic nitrogens is 3. The molecule has 0 spiro atoms. The lowest BCUT2D eigenvalue weighted by atomic mass is 9.94. The Balaban J connectivity index is 1.14. The first-order chi connectivity index (χ1) is 25.9. The molecule has 7 rings (SSSR count). The number of nitrogens with zero attached hydrogens (tertiary/aromatic N) is 3. The normalized spacial score (nSPS) is 14.5. The molecular formula is C43H42N6O4. The van der Waals surface area contributed by atoms with Gasteiger partial charge in [-0.1, -0.05) is 97.9 Å². The molecule has 0 radical (unpaired) electrons. The molecule has 0 fully saturated rings. The summed E-state index contributed by atoms with van der Waals surface area (Å²) in [5.41, 5.74) is 13.3. The van der Waals surface area contributed by atoms with Gasteiger partial charge in [0, 0.05) is 30.3 Å². The van der Waals surface area contributed by atoms with Crippen molar-refractivity contribution in [1.29, 1.82) is 0 Å². The van der Waals surface area contributed by atoms with E-state index in [0.717, 1.165) is 51.5 Å². The van der Waals surface area contributed by atoms with Crippen LogP contribution in [0.4, 0.5) is 5.69 Å². The SMILES string of the molecule is CC1C=CC(CC(NC(=O)CN)C(=O)Nc2ccc(COc3c(Cc4ccco4)nc4c(Cc5ccccc5)nc(-c5ccccc5)cn34)cc2)=CC1. The van der Waals surface area contributed by atoms with Gasteiger partial charge in [-0.3, -0.25) is 14.0 Å². The van der Waals surface area contributed by atoms with Crippen molar-refractivity contribution in [2.45, 2.75) is 45.3 Å². The van der Waals surface area contributed by atoms with E-state index in [1.54, 1.807) is 6.26 Å². The molecule has 0 saturated heterocycles. The van der Waals surface area contributed by atoms with Crippen LogP contribution in [0.25, 0.3) is 16.9 Å². The topological polar surface area (TPSA) is 137 Å². The second-order valence-corrected chi connectivity index (χ2v) is 13.3. The number of amides is 2. The number of allylic oxidation sites excluding steroid dienone is 3. The first kappa shape index (κ1) is 35.2. The van der Waals surface area contributed by atoms with Crippen LogP contribution in [0.2, 0.25) is 0 Å². The number of hydrogen-bond acceptors (Lipinski definition) is 7. The van der Waals surface area contributed by atoms with Gasteiger partial charge in [0.15, 0.2) is 5.65 Å². The van der Waals surface area contributed by atoms with Crippen LogP contribution in [0, 0.1) is 5.92 Å². The van der Waals surface area contributed by atoms with E-state index in [0.29, 0.717) is 42.4 Å². The fourth-order valence-corrected chi connectivity index (χ4v) is 6.32. The molecule has 0 aliphatic heterocycles. The van der Waals surface area contributed by atoms with Crippen LogP contribution in [0.5, 0.6) is 5.88 Å². The predicted octanol–water partition coefficient (Wildman–Crippen LogP) is 7.04. The highest BCUT2D eigenvalue weighted by Crippen LogP contribution is 2.30. The Labute approximate surface area is 308 Å². The summed E-state index contributed by atoms with van der Waals surface area (Å²) in [6, 6.07) is 30.8. The molecule has 3 aromatic heterocycles. The van der Waals surface area contributed by atoms with Gasteiger partial charge in [0.1, 0.15) is 24.1 Å². The number of furan rings is 1. The summed E-state index contributed by atoms with van der Waals surface area (Å²) < 4.78 is 14.3. The summed E-state index contributed by atoms with van der Waals surface area (Å²) in [5.74, 6) is 1.12. The molecule has 10 heteroatoms. The number of hydrogen-bond donors (Lipinski definition) is 3. The molecule has 4 N–H and O–H groups in total. The minimum absolute atomic E-state index is 0.196. The standard InChI is InChI=1S/C43H42N6O4/c1-29-14-16-31(17-15-29)24-37(47-40(50)26-44)42(51)45-34-20-18-32(19-21-34)28-53-43-38(25-35-13-8-22-52-35)48-41-36(23-30-9-4-2-5-10-30)46-39(27-49(41)43)33-11-6-3-7-12-33/h2-14,16-22,27,29,37H,15,23-26,28,44H2,1H3,(H,45,51)(H,47,50). The van der Waals surface area contributed by atoms with Crippen molar-refractivity contribution in [3.63, 3.8) is 0 Å². The molecule has 10 nitrogen and oxygen atoms in total. The van der Waals surface area contributed by atoms with Gasteiger partial charge in [-0.25, -0.2) is 9.97 Å². The zero-order valence-electron chi connectivity index (χ0n) is 29.6. The van der Waals surface area contributed by atoms with Crippen LogP contribution in [0.1, 0.15) is 48.0 Å². The molecular weight excluding hydrogens is 665 g/mol. The van der Waals surface area contributed by atoms with Gasteiger partial charge in [-0.15, -0.1) is 0 Å². The van der Waals surface area contributed by atoms with Crippen LogP contribution < -0.4 is 21.1 Å². The first-order valence-electron chi connectivity index (χ1n) is 17.8. The summed E-state index contributed by atoms with van der Waals surface area (Å²) in [5, 5.41) is 5.72. The quantitative estimate of drug-likeness (QED) is 0.111. The maximum atomic E-state index is 13.4. The molecule has 0 bridgehead atoms. The van der Waals surface area contributed by atoms with Crippen molar-refractivity contribution in [2.75, 3.05) is 11.9 Å². The summed E-state index contributed by atoms with van der Waals surface area (Å²) in [4.78, 5) is 35.8. The largest absolute Gasteiger partial charge is 0.472 e. The van der Waals surface area contributed by atoms with E-state index in [1.807, 2.05) is 102 Å². The van der Waals surface area contributed by atoms with Crippen molar-refractivity contribution in [1.82, 2.24) is 19.7 Å². The number of ether oxygens (including phenoxy) is 1. The third kappa shape index (κ3) is 8.80. The minimum atomic E-state index is -0.761. The van der Waals surface area contributed by atoms with Crippen molar-refractivity contribution in [2.24, 2.45) is 11.7 Å². The minimum Gasteiger partial charge on any atom is -0.472 e. The number of benzene rings is 3. The maximum Gasteiger partial charge on any atom is 0.247 e. The molecule has 0 saturated carbocycles. The van der Waals surface area contributed by atoms with Crippen LogP contribution >= 0.6 is 0 Å². The molecule has 53 heavy (non-hydrogen) atoms. The molecule has 3 aromatic carbocycles. The monoisotopic (exact) mass is 706 g/mol. The predicted molar refractivity (Wildman–Crippen MR) is 205 cm³/mol. The highest BCUT2D eigenvalue weighted by atomic mass is 16.5. The Morgan fingerprint density at radius 3 is 2.40 bits per heavy atom. The van der Waals surface area contributed by atoms with Crippen LogP contribution in [0.15, 0.2) is 138 Å². The maximum absolute atomic E-state index is 13.4. The van der Waals surface area contributed by atoms with Crippen LogP contribution in [0.3, 0.4) is 0 Å².